The van der Waals surface area contributed by atoms with Gasteiger partial charge in [-0.05, 0) is 35.0 Å². The van der Waals surface area contributed by atoms with E-state index in [2.05, 4.69) is 10.3 Å². The quantitative estimate of drug-likeness (QED) is 0.527. The highest BCUT2D eigenvalue weighted by Crippen LogP contribution is 2.09. The number of aryl methyl sites for hydroxylation is 1. The Morgan fingerprint density at radius 1 is 1.10 bits per heavy atom. The second-order valence-electron chi connectivity index (χ2n) is 4.31. The molecule has 21 heavy (non-hydrogen) atoms. The van der Waals surface area contributed by atoms with Crippen molar-refractivity contribution in [1.82, 2.24) is 10.3 Å². The number of nitrogens with one attached hydrogen (secondary N) is 1. The molecule has 0 spiro atoms. The minimum atomic E-state index is -0.717. The average molecular weight is 285 g/mol. The molecule has 0 unspecified atom stereocenters. The van der Waals surface area contributed by atoms with E-state index in [9.17, 15) is 19.7 Å². The third-order valence-corrected chi connectivity index (χ3v) is 2.74. The molecule has 0 saturated heterocycles. The largest absolute Gasteiger partial charge is 0.364 e. The molecule has 0 saturated carbocycles. The van der Waals surface area contributed by atoms with Crippen molar-refractivity contribution in [2.24, 2.45) is 0 Å². The lowest BCUT2D eigenvalue weighted by atomic mass is 10.1. The van der Waals surface area contributed by atoms with Gasteiger partial charge in [-0.1, -0.05) is 17.7 Å². The maximum absolute atomic E-state index is 11.9. The summed E-state index contributed by atoms with van der Waals surface area (Å²) in [7, 11) is 0. The van der Waals surface area contributed by atoms with Gasteiger partial charge in [-0.3, -0.25) is 14.9 Å². The number of pyridine rings is 1. The summed E-state index contributed by atoms with van der Waals surface area (Å²) in [5, 5.41) is 12.8. The Morgan fingerprint density at radius 2 is 1.71 bits per heavy atom. The molecule has 0 aliphatic rings. The van der Waals surface area contributed by atoms with Gasteiger partial charge in [0.15, 0.2) is 0 Å². The number of benzene rings is 1. The number of imide groups is 1. The standard InChI is InChI=1S/C14H11N3O4/c1-9-2-4-10(5-3-9)13(18)16-14(19)11-6-7-15-12(8-11)17(20)21/h2-8H,1H3,(H,16,18,19). The Labute approximate surface area is 119 Å². The summed E-state index contributed by atoms with van der Waals surface area (Å²) in [6, 6.07) is 8.98. The average Bonchev–Trinajstić information content (AvgIpc) is 2.48. The molecule has 2 amide bonds. The lowest BCUT2D eigenvalue weighted by Crippen LogP contribution is -2.30. The van der Waals surface area contributed by atoms with Crippen LogP contribution in [0.4, 0.5) is 5.82 Å². The Hall–Kier alpha value is -3.09. The summed E-state index contributed by atoms with van der Waals surface area (Å²) in [5.74, 6) is -1.74. The van der Waals surface area contributed by atoms with Crippen LogP contribution in [-0.2, 0) is 0 Å². The maximum Gasteiger partial charge on any atom is 0.364 e. The topological polar surface area (TPSA) is 102 Å². The van der Waals surface area contributed by atoms with Crippen LogP contribution in [0.15, 0.2) is 42.6 Å². The zero-order valence-electron chi connectivity index (χ0n) is 11.1. The molecule has 0 aliphatic carbocycles. The minimum absolute atomic E-state index is 0.00263. The van der Waals surface area contributed by atoms with Gasteiger partial charge in [-0.25, -0.2) is 0 Å². The number of amides is 2. The third kappa shape index (κ3) is 3.47. The Kier molecular flexibility index (Phi) is 4.03. The van der Waals surface area contributed by atoms with Crippen molar-refractivity contribution in [3.63, 3.8) is 0 Å². The van der Waals surface area contributed by atoms with Crippen molar-refractivity contribution < 1.29 is 14.5 Å². The van der Waals surface area contributed by atoms with Crippen LogP contribution in [0.2, 0.25) is 0 Å². The molecule has 106 valence electrons. The lowest BCUT2D eigenvalue weighted by molar-refractivity contribution is -0.389. The number of nitro groups is 1. The molecular weight excluding hydrogens is 274 g/mol. The van der Waals surface area contributed by atoms with Crippen molar-refractivity contribution in [1.29, 1.82) is 0 Å². The van der Waals surface area contributed by atoms with Gasteiger partial charge in [-0.15, -0.1) is 0 Å². The maximum atomic E-state index is 11.9. The number of carbonyl (C=O) groups is 2. The number of hydrogen-bond acceptors (Lipinski definition) is 5. The lowest BCUT2D eigenvalue weighted by Gasteiger charge is -2.04. The van der Waals surface area contributed by atoms with Gasteiger partial charge in [0.2, 0.25) is 0 Å². The molecule has 0 fully saturated rings. The third-order valence-electron chi connectivity index (χ3n) is 2.74. The molecule has 7 heteroatoms. The van der Waals surface area contributed by atoms with E-state index >= 15 is 0 Å². The minimum Gasteiger partial charge on any atom is -0.358 e. The zero-order chi connectivity index (χ0) is 15.4. The van der Waals surface area contributed by atoms with Crippen molar-refractivity contribution in [3.8, 4) is 0 Å². The molecule has 1 aromatic heterocycles. The van der Waals surface area contributed by atoms with Crippen molar-refractivity contribution in [2.45, 2.75) is 6.92 Å². The first-order valence-corrected chi connectivity index (χ1v) is 6.00. The Bertz CT molecular complexity index is 710. The van der Waals surface area contributed by atoms with Crippen LogP contribution in [0.1, 0.15) is 26.3 Å². The number of rotatable bonds is 3. The highest BCUT2D eigenvalue weighted by Gasteiger charge is 2.16. The van der Waals surface area contributed by atoms with E-state index in [-0.39, 0.29) is 5.56 Å². The fraction of sp³-hybridized carbons (Fsp3) is 0.0714. The summed E-state index contributed by atoms with van der Waals surface area (Å²) < 4.78 is 0. The van der Waals surface area contributed by atoms with E-state index in [1.54, 1.807) is 24.3 Å². The highest BCUT2D eigenvalue weighted by atomic mass is 16.6. The number of carbonyl (C=O) groups excluding carboxylic acids is 2. The van der Waals surface area contributed by atoms with E-state index in [0.717, 1.165) is 17.8 Å². The van der Waals surface area contributed by atoms with E-state index in [4.69, 9.17) is 0 Å². The molecule has 0 radical (unpaired) electrons. The predicted molar refractivity (Wildman–Crippen MR) is 73.9 cm³/mol. The van der Waals surface area contributed by atoms with Gasteiger partial charge in [0.05, 0.1) is 5.56 Å². The van der Waals surface area contributed by atoms with Crippen molar-refractivity contribution in [3.05, 3.63) is 69.4 Å². The van der Waals surface area contributed by atoms with Gasteiger partial charge in [0.25, 0.3) is 11.8 Å². The van der Waals surface area contributed by atoms with Gasteiger partial charge >= 0.3 is 5.82 Å². The van der Waals surface area contributed by atoms with E-state index in [1.165, 1.54) is 6.07 Å². The van der Waals surface area contributed by atoms with E-state index in [1.807, 2.05) is 6.92 Å². The predicted octanol–water partition coefficient (Wildman–Crippen LogP) is 1.87. The molecule has 1 aromatic carbocycles. The summed E-state index contributed by atoms with van der Waals surface area (Å²) in [5.41, 5.74) is 1.32. The molecule has 1 heterocycles. The number of aromatic nitrogens is 1. The molecule has 0 aliphatic heterocycles. The molecule has 2 rings (SSSR count). The fourth-order valence-corrected chi connectivity index (χ4v) is 1.61. The Balaban J connectivity index is 2.14. The van der Waals surface area contributed by atoms with E-state index < -0.39 is 22.6 Å². The van der Waals surface area contributed by atoms with Crippen LogP contribution in [0, 0.1) is 17.0 Å². The van der Waals surface area contributed by atoms with Crippen LogP contribution < -0.4 is 5.32 Å². The summed E-state index contributed by atoms with van der Waals surface area (Å²) in [6.45, 7) is 1.88. The van der Waals surface area contributed by atoms with Crippen LogP contribution in [0.25, 0.3) is 0 Å². The van der Waals surface area contributed by atoms with Crippen molar-refractivity contribution in [2.75, 3.05) is 0 Å². The van der Waals surface area contributed by atoms with Crippen LogP contribution in [0.3, 0.4) is 0 Å². The molecule has 0 bridgehead atoms. The molecular formula is C14H11N3O4. The van der Waals surface area contributed by atoms with E-state index in [0.29, 0.717) is 5.56 Å². The summed E-state index contributed by atoms with van der Waals surface area (Å²) in [6.07, 6.45) is 1.14. The molecule has 7 nitrogen and oxygen atoms in total. The van der Waals surface area contributed by atoms with Crippen LogP contribution in [0.5, 0.6) is 0 Å². The molecule has 2 aromatic rings. The van der Waals surface area contributed by atoms with Gasteiger partial charge in [-0.2, -0.15) is 0 Å². The first kappa shape index (κ1) is 14.3. The molecule has 1 N–H and O–H groups in total. The smallest absolute Gasteiger partial charge is 0.358 e. The SMILES string of the molecule is Cc1ccc(C(=O)NC(=O)c2ccnc([N+](=O)[O-])c2)cc1. The van der Waals surface area contributed by atoms with Crippen molar-refractivity contribution >= 4 is 17.6 Å². The van der Waals surface area contributed by atoms with Gasteiger partial charge in [0, 0.05) is 11.6 Å². The zero-order valence-corrected chi connectivity index (χ0v) is 11.1. The first-order valence-electron chi connectivity index (χ1n) is 6.00. The fourth-order valence-electron chi connectivity index (χ4n) is 1.61. The monoisotopic (exact) mass is 285 g/mol. The number of hydrogen-bond donors (Lipinski definition) is 1. The normalized spacial score (nSPS) is 9.95. The Morgan fingerprint density at radius 3 is 2.33 bits per heavy atom. The van der Waals surface area contributed by atoms with Crippen LogP contribution >= 0.6 is 0 Å². The highest BCUT2D eigenvalue weighted by molar-refractivity contribution is 6.10. The summed E-state index contributed by atoms with van der Waals surface area (Å²) in [4.78, 5) is 37.2. The van der Waals surface area contributed by atoms with Crippen LogP contribution in [-0.4, -0.2) is 21.7 Å². The second-order valence-corrected chi connectivity index (χ2v) is 4.31. The first-order chi connectivity index (χ1) is 9.97. The summed E-state index contributed by atoms with van der Waals surface area (Å²) >= 11 is 0. The van der Waals surface area contributed by atoms with Gasteiger partial charge in [0.1, 0.15) is 6.20 Å². The van der Waals surface area contributed by atoms with Gasteiger partial charge < -0.3 is 10.1 Å². The molecule has 0 atom stereocenters. The number of nitrogens with zero attached hydrogens (tertiary/aromatic N) is 2. The second kappa shape index (κ2) is 5.91.